The summed E-state index contributed by atoms with van der Waals surface area (Å²) in [4.78, 5) is 40.8. The number of aromatic nitrogens is 10. The maximum Gasteiger partial charge on any atom is 0.534 e. The van der Waals surface area contributed by atoms with Gasteiger partial charge < -0.3 is 54.9 Å². The monoisotopic (exact) mass is 1120 g/mol. The number of carbonyl (C=O) groups is 2. The third-order valence-electron chi connectivity index (χ3n) is 12.7. The largest absolute Gasteiger partial charge is 0.534 e. The number of piperazine rings is 2. The van der Waals surface area contributed by atoms with Crippen molar-refractivity contribution in [1.29, 1.82) is 0 Å². The first-order valence-electron chi connectivity index (χ1n) is 24.6. The van der Waals surface area contributed by atoms with Gasteiger partial charge in [0.2, 0.25) is 17.8 Å². The Morgan fingerprint density at radius 3 is 1.59 bits per heavy atom. The number of hydrogen-bond acceptors (Lipinski definition) is 19. The Hall–Kier alpha value is -9.22. The normalized spacial score (nSPS) is 14.1. The van der Waals surface area contributed by atoms with E-state index in [2.05, 4.69) is 92.3 Å². The number of ether oxygens (including phenoxy) is 2. The van der Waals surface area contributed by atoms with Crippen LogP contribution >= 0.6 is 0 Å². The van der Waals surface area contributed by atoms with Gasteiger partial charge in [-0.05, 0) is 62.6 Å². The molecule has 8 heterocycles. The number of rotatable bonds is 14. The molecule has 422 valence electrons. The summed E-state index contributed by atoms with van der Waals surface area (Å²) >= 11 is 0. The topological polar surface area (TPSA) is 267 Å². The number of methoxy groups -OCH3 is 2. The van der Waals surface area contributed by atoms with Crippen molar-refractivity contribution in [3.8, 4) is 40.0 Å². The highest BCUT2D eigenvalue weighted by atomic mass is 32.2. The van der Waals surface area contributed by atoms with Crippen LogP contribution in [0.3, 0.4) is 0 Å². The van der Waals surface area contributed by atoms with Gasteiger partial charge in [0, 0.05) is 102 Å². The number of nitrogen functional groups attached to an aromatic ring is 1. The summed E-state index contributed by atoms with van der Waals surface area (Å²) in [5.74, 6) is 1.07. The smallest absolute Gasteiger partial charge is 0.495 e. The van der Waals surface area contributed by atoms with E-state index in [9.17, 15) is 31.2 Å². The van der Waals surface area contributed by atoms with Crippen molar-refractivity contribution in [2.45, 2.75) is 5.51 Å². The molecule has 0 aliphatic carbocycles. The molecule has 2 aliphatic rings. The molecular weight excluding hydrogens is 1070 g/mol. The Balaban J connectivity index is 0.000000166. The second-order valence-corrected chi connectivity index (χ2v) is 19.8. The zero-order chi connectivity index (χ0) is 57.5. The molecule has 0 radical (unpaired) electrons. The van der Waals surface area contributed by atoms with E-state index in [4.69, 9.17) is 20.3 Å². The summed E-state index contributed by atoms with van der Waals surface area (Å²) in [7, 11) is 5.14. The molecule has 29 heteroatoms. The Kier molecular flexibility index (Phi) is 17.2. The van der Waals surface area contributed by atoms with Crippen LogP contribution in [0.15, 0.2) is 111 Å². The number of nitrogens with one attached hydrogen (secondary N) is 3. The first kappa shape index (κ1) is 57.0. The van der Waals surface area contributed by atoms with Crippen molar-refractivity contribution in [1.82, 2.24) is 58.6 Å². The quantitative estimate of drug-likeness (QED) is 0.0467. The second-order valence-electron chi connectivity index (χ2n) is 18.3. The van der Waals surface area contributed by atoms with E-state index < -0.39 is 21.6 Å². The molecule has 2 aliphatic heterocycles. The lowest BCUT2D eigenvalue weighted by atomic mass is 10.1. The molecule has 2 fully saturated rings. The summed E-state index contributed by atoms with van der Waals surface area (Å²) in [6, 6.07) is 13.7. The predicted octanol–water partition coefficient (Wildman–Crippen LogP) is 5.27. The van der Waals surface area contributed by atoms with Gasteiger partial charge >= 0.3 is 21.6 Å². The van der Waals surface area contributed by atoms with Gasteiger partial charge in [-0.15, -0.1) is 10.2 Å². The average Bonchev–Trinajstić information content (AvgIpc) is 4.27. The molecule has 6 aromatic heterocycles. The number of fused-ring (bicyclic) bond motifs is 2. The number of nitrogens with two attached hydrogens (primary N) is 1. The maximum atomic E-state index is 12.3. The van der Waals surface area contributed by atoms with Crippen molar-refractivity contribution in [3.05, 3.63) is 111 Å². The van der Waals surface area contributed by atoms with E-state index >= 15 is 0 Å². The van der Waals surface area contributed by atoms with Gasteiger partial charge in [-0.25, -0.2) is 14.0 Å². The Bertz CT molecular complexity index is 3660. The lowest BCUT2D eigenvalue weighted by molar-refractivity contribution is -0.112. The van der Waals surface area contributed by atoms with Gasteiger partial charge in [0.15, 0.2) is 0 Å². The SMILES string of the molecule is C=CC(=O)Nc1cc(N)c(OC)cc1N1CCN(C)CC1.C=CC(=O)Nc1cc(Nc2ncc3ccc(-c4cnn(C)c4)n3n2)c(OC)cc1N1CCN(C)CC1.Cn1cc(-c2ccc3cnc(OS(=O)(=O)C(F)(F)F)nn23)cn1. The fraction of sp³-hybridized carbons (Fsp3) is 0.294. The standard InChI is InChI=1S/C25H29N9O2.C15H22N4O2.C11H8F3N5O3S/c1-5-24(35)28-19-12-20(23(36-4)13-22(19)33-10-8-31(2)9-11-33)29-25-26-15-18-6-7-21(34(18)30-25)17-14-27-32(3)16-17;1-4-15(20)17-12-9-11(16)14(21-3)10-13(12)19-7-5-18(2)6-8-19;1-18-6-7(4-16-18)9-3-2-8-5-15-10(17-19(8)9)22-23(20,21)11(12,13)14/h5-7,12-16H,1,8-11H2,2-4H3,(H,28,35)(H,29,30);4,9-10H,1,5-8,16H2,2-3H3,(H,17,20);2-6H,1H3. The highest BCUT2D eigenvalue weighted by Crippen LogP contribution is 2.39. The summed E-state index contributed by atoms with van der Waals surface area (Å²) in [6.07, 6.45) is 12.3. The number of amides is 2. The number of likely N-dealkylation sites (N-methyl/N-ethyl adjacent to an activating group) is 2. The molecular formula is C51H59F3N18O7S. The van der Waals surface area contributed by atoms with Gasteiger partial charge in [0.1, 0.15) is 11.5 Å². The van der Waals surface area contributed by atoms with Crippen molar-refractivity contribution < 1.29 is 44.8 Å². The molecule has 2 amide bonds. The Morgan fingerprint density at radius 2 is 1.12 bits per heavy atom. The van der Waals surface area contributed by atoms with Crippen LogP contribution in [0.4, 0.5) is 53.2 Å². The second kappa shape index (κ2) is 24.2. The fourth-order valence-corrected chi connectivity index (χ4v) is 8.84. The van der Waals surface area contributed by atoms with E-state index in [1.54, 1.807) is 62.7 Å². The third-order valence-corrected chi connectivity index (χ3v) is 13.7. The molecule has 0 atom stereocenters. The molecule has 25 nitrogen and oxygen atoms in total. The first-order valence-corrected chi connectivity index (χ1v) is 26.0. The zero-order valence-electron chi connectivity index (χ0n) is 44.5. The van der Waals surface area contributed by atoms with E-state index in [-0.39, 0.29) is 11.8 Å². The minimum Gasteiger partial charge on any atom is -0.495 e. The van der Waals surface area contributed by atoms with Crippen molar-refractivity contribution in [2.75, 3.05) is 112 Å². The fourth-order valence-electron chi connectivity index (χ4n) is 8.48. The number of aryl methyl sites for hydroxylation is 2. The number of carbonyl (C=O) groups excluding carboxylic acids is 2. The first-order chi connectivity index (χ1) is 38.2. The van der Waals surface area contributed by atoms with Crippen molar-refractivity contribution in [3.63, 3.8) is 0 Å². The van der Waals surface area contributed by atoms with Gasteiger partial charge in [-0.1, -0.05) is 13.2 Å². The van der Waals surface area contributed by atoms with Crippen LogP contribution in [-0.4, -0.2) is 165 Å². The van der Waals surface area contributed by atoms with Crippen LogP contribution in [0.5, 0.6) is 17.5 Å². The number of hydrogen-bond donors (Lipinski definition) is 4. The Labute approximate surface area is 457 Å². The Morgan fingerprint density at radius 1 is 0.650 bits per heavy atom. The zero-order valence-corrected chi connectivity index (χ0v) is 45.4. The third kappa shape index (κ3) is 13.2. The lowest BCUT2D eigenvalue weighted by Crippen LogP contribution is -2.44. The lowest BCUT2D eigenvalue weighted by Gasteiger charge is -2.35. The molecule has 10 rings (SSSR count). The van der Waals surface area contributed by atoms with Crippen molar-refractivity contribution in [2.24, 2.45) is 14.1 Å². The van der Waals surface area contributed by atoms with Crippen LogP contribution in [0.25, 0.3) is 33.5 Å². The number of halogens is 3. The van der Waals surface area contributed by atoms with Gasteiger partial charge in [0.05, 0.1) is 95.6 Å². The minimum atomic E-state index is -5.83. The molecule has 0 bridgehead atoms. The molecule has 2 aromatic carbocycles. The van der Waals surface area contributed by atoms with Gasteiger partial charge in [0.25, 0.3) is 0 Å². The number of benzene rings is 2. The molecule has 2 saturated heterocycles. The molecule has 0 saturated carbocycles. The van der Waals surface area contributed by atoms with Crippen LogP contribution in [0.2, 0.25) is 0 Å². The summed E-state index contributed by atoms with van der Waals surface area (Å²) < 4.78 is 80.3. The highest BCUT2D eigenvalue weighted by Gasteiger charge is 2.49. The van der Waals surface area contributed by atoms with E-state index in [1.165, 1.54) is 27.5 Å². The van der Waals surface area contributed by atoms with Crippen LogP contribution in [0, 0.1) is 0 Å². The molecule has 80 heavy (non-hydrogen) atoms. The number of anilines is 7. The van der Waals surface area contributed by atoms with Crippen LogP contribution < -0.4 is 45.1 Å². The molecule has 0 spiro atoms. The minimum absolute atomic E-state index is 0.255. The van der Waals surface area contributed by atoms with Crippen LogP contribution in [-0.2, 0) is 33.8 Å². The number of alkyl halides is 3. The van der Waals surface area contributed by atoms with E-state index in [0.717, 1.165) is 86.7 Å². The van der Waals surface area contributed by atoms with E-state index in [1.807, 2.05) is 48.1 Å². The number of nitrogens with zero attached hydrogens (tertiary/aromatic N) is 14. The van der Waals surface area contributed by atoms with Crippen LogP contribution in [0.1, 0.15) is 0 Å². The van der Waals surface area contributed by atoms with E-state index in [0.29, 0.717) is 57.0 Å². The average molecular weight is 1130 g/mol. The summed E-state index contributed by atoms with van der Waals surface area (Å²) in [5.41, 5.74) is 8.94. The summed E-state index contributed by atoms with van der Waals surface area (Å²) in [5, 5.41) is 25.6. The molecule has 0 unspecified atom stereocenters. The van der Waals surface area contributed by atoms with Crippen molar-refractivity contribution >= 4 is 73.0 Å². The molecule has 5 N–H and O–H groups in total. The molecule has 8 aromatic rings. The summed E-state index contributed by atoms with van der Waals surface area (Å²) in [6.45, 7) is 14.3. The van der Waals surface area contributed by atoms with Gasteiger partial charge in [-0.3, -0.25) is 19.0 Å². The maximum absolute atomic E-state index is 12.3. The van der Waals surface area contributed by atoms with Gasteiger partial charge in [-0.2, -0.15) is 36.8 Å². The predicted molar refractivity (Wildman–Crippen MR) is 297 cm³/mol. The highest BCUT2D eigenvalue weighted by molar-refractivity contribution is 7.87.